The maximum Gasteiger partial charge on any atom is 0.416 e. The van der Waals surface area contributed by atoms with Gasteiger partial charge in [-0.15, -0.1) is 0 Å². The lowest BCUT2D eigenvalue weighted by molar-refractivity contribution is -0.137. The van der Waals surface area contributed by atoms with Gasteiger partial charge in [-0.3, -0.25) is 10.2 Å². The topological polar surface area (TPSA) is 77.3 Å². The summed E-state index contributed by atoms with van der Waals surface area (Å²) in [5.41, 5.74) is 0.956. The maximum absolute atomic E-state index is 12.5. The first kappa shape index (κ1) is 15.5. The van der Waals surface area contributed by atoms with Gasteiger partial charge in [0.05, 0.1) is 11.3 Å². The molecule has 0 aliphatic carbocycles. The Labute approximate surface area is 113 Å². The molecule has 0 saturated heterocycles. The van der Waals surface area contributed by atoms with Crippen LogP contribution in [0.25, 0.3) is 0 Å². The number of carbonyl (C=O) groups excluding carboxylic acids is 1. The molecule has 0 aliphatic heterocycles. The largest absolute Gasteiger partial charge is 0.416 e. The van der Waals surface area contributed by atoms with Crippen molar-refractivity contribution in [3.05, 3.63) is 29.8 Å². The van der Waals surface area contributed by atoms with E-state index in [1.807, 2.05) is 0 Å². The molecule has 8 heteroatoms. The Morgan fingerprint density at radius 1 is 1.45 bits per heavy atom. The minimum absolute atomic E-state index is 0.0249. The first-order valence-electron chi connectivity index (χ1n) is 5.57. The van der Waals surface area contributed by atoms with Crippen LogP contribution in [0.3, 0.4) is 0 Å². The van der Waals surface area contributed by atoms with Gasteiger partial charge in [-0.1, -0.05) is 6.07 Å². The van der Waals surface area contributed by atoms with E-state index in [0.29, 0.717) is 6.54 Å². The van der Waals surface area contributed by atoms with Crippen LogP contribution >= 0.6 is 0 Å². The summed E-state index contributed by atoms with van der Waals surface area (Å²) >= 11 is 0. The van der Waals surface area contributed by atoms with Crippen LogP contribution in [-0.4, -0.2) is 18.2 Å². The van der Waals surface area contributed by atoms with Crippen molar-refractivity contribution in [3.8, 4) is 6.07 Å². The summed E-state index contributed by atoms with van der Waals surface area (Å²) in [5.74, 6) is -0.700. The van der Waals surface area contributed by atoms with Crippen LogP contribution in [0.1, 0.15) is 12.5 Å². The summed E-state index contributed by atoms with van der Waals surface area (Å²) in [6, 6.07) is 5.82. The molecule has 0 fully saturated rings. The van der Waals surface area contributed by atoms with Crippen LogP contribution in [0.5, 0.6) is 0 Å². The monoisotopic (exact) mass is 284 g/mol. The molecule has 1 aromatic rings. The van der Waals surface area contributed by atoms with E-state index in [4.69, 9.17) is 5.26 Å². The lowest BCUT2D eigenvalue weighted by atomic mass is 10.2. The van der Waals surface area contributed by atoms with Crippen molar-refractivity contribution in [2.24, 2.45) is 5.10 Å². The van der Waals surface area contributed by atoms with E-state index in [9.17, 15) is 18.0 Å². The molecule has 1 amide bonds. The van der Waals surface area contributed by atoms with E-state index >= 15 is 0 Å². The van der Waals surface area contributed by atoms with Crippen molar-refractivity contribution in [1.82, 2.24) is 5.32 Å². The van der Waals surface area contributed by atoms with E-state index < -0.39 is 23.4 Å². The highest BCUT2D eigenvalue weighted by Gasteiger charge is 2.30. The molecule has 0 spiro atoms. The van der Waals surface area contributed by atoms with Gasteiger partial charge in [0.1, 0.15) is 6.07 Å². The van der Waals surface area contributed by atoms with E-state index in [1.165, 1.54) is 12.1 Å². The second-order valence-electron chi connectivity index (χ2n) is 3.62. The van der Waals surface area contributed by atoms with E-state index in [-0.39, 0.29) is 5.69 Å². The third kappa shape index (κ3) is 4.28. The number of anilines is 1. The Bertz CT molecular complexity index is 561. The fourth-order valence-corrected chi connectivity index (χ4v) is 1.26. The maximum atomic E-state index is 12.5. The molecule has 0 heterocycles. The molecular weight excluding hydrogens is 273 g/mol. The lowest BCUT2D eigenvalue weighted by Crippen LogP contribution is -2.30. The zero-order valence-electron chi connectivity index (χ0n) is 10.5. The van der Waals surface area contributed by atoms with Crippen LogP contribution < -0.4 is 10.7 Å². The minimum Gasteiger partial charge on any atom is -0.350 e. The predicted octanol–water partition coefficient (Wildman–Crippen LogP) is 2.13. The standard InChI is InChI=1S/C12H11F3N4O/c1-2-17-11(20)10(7-16)19-18-9-5-3-4-8(6-9)12(13,14)15/h3-6,18H,2H2,1H3,(H,17,20)/b19-10+. The molecule has 0 bridgehead atoms. The van der Waals surface area contributed by atoms with Gasteiger partial charge < -0.3 is 5.32 Å². The Balaban J connectivity index is 2.89. The predicted molar refractivity (Wildman–Crippen MR) is 66.8 cm³/mol. The summed E-state index contributed by atoms with van der Waals surface area (Å²) in [6.07, 6.45) is -4.47. The number of hydrogen-bond donors (Lipinski definition) is 2. The van der Waals surface area contributed by atoms with Crippen molar-refractivity contribution in [2.75, 3.05) is 12.0 Å². The minimum atomic E-state index is -4.47. The Morgan fingerprint density at radius 2 is 2.15 bits per heavy atom. The molecule has 0 radical (unpaired) electrons. The van der Waals surface area contributed by atoms with Crippen molar-refractivity contribution >= 4 is 17.3 Å². The summed E-state index contributed by atoms with van der Waals surface area (Å²) in [4.78, 5) is 11.3. The Morgan fingerprint density at radius 3 is 2.70 bits per heavy atom. The van der Waals surface area contributed by atoms with Crippen LogP contribution in [0, 0.1) is 11.3 Å². The molecule has 0 unspecified atom stereocenters. The van der Waals surface area contributed by atoms with Crippen molar-refractivity contribution in [1.29, 1.82) is 5.26 Å². The molecule has 1 aromatic carbocycles. The third-order valence-corrected chi connectivity index (χ3v) is 2.15. The first-order chi connectivity index (χ1) is 9.38. The Kier molecular flexibility index (Phi) is 5.08. The molecule has 1 rings (SSSR count). The molecule has 5 nitrogen and oxygen atoms in total. The molecular formula is C12H11F3N4O. The molecule has 0 saturated carbocycles. The lowest BCUT2D eigenvalue weighted by Gasteiger charge is -2.08. The van der Waals surface area contributed by atoms with Gasteiger partial charge >= 0.3 is 6.18 Å². The van der Waals surface area contributed by atoms with Gasteiger partial charge in [0.2, 0.25) is 5.71 Å². The highest BCUT2D eigenvalue weighted by molar-refractivity contribution is 6.45. The molecule has 2 N–H and O–H groups in total. The highest BCUT2D eigenvalue weighted by Crippen LogP contribution is 2.30. The number of nitrogens with zero attached hydrogens (tertiary/aromatic N) is 2. The van der Waals surface area contributed by atoms with E-state index in [1.54, 1.807) is 13.0 Å². The molecule has 0 atom stereocenters. The number of hydrogen-bond acceptors (Lipinski definition) is 4. The second kappa shape index (κ2) is 6.56. The second-order valence-corrected chi connectivity index (χ2v) is 3.62. The molecule has 0 aromatic heterocycles. The van der Waals surface area contributed by atoms with E-state index in [0.717, 1.165) is 12.1 Å². The number of halogens is 3. The van der Waals surface area contributed by atoms with Crippen molar-refractivity contribution in [2.45, 2.75) is 13.1 Å². The fraction of sp³-hybridized carbons (Fsp3) is 0.250. The first-order valence-corrected chi connectivity index (χ1v) is 5.57. The van der Waals surface area contributed by atoms with Crippen molar-refractivity contribution in [3.63, 3.8) is 0 Å². The van der Waals surface area contributed by atoms with Crippen LogP contribution in [0.2, 0.25) is 0 Å². The van der Waals surface area contributed by atoms with Crippen molar-refractivity contribution < 1.29 is 18.0 Å². The zero-order chi connectivity index (χ0) is 15.2. The number of alkyl halides is 3. The fourth-order valence-electron chi connectivity index (χ4n) is 1.26. The molecule has 106 valence electrons. The summed E-state index contributed by atoms with van der Waals surface area (Å²) < 4.78 is 37.4. The average molecular weight is 284 g/mol. The number of hydrazone groups is 1. The van der Waals surface area contributed by atoms with Crippen LogP contribution in [0.4, 0.5) is 18.9 Å². The molecule has 20 heavy (non-hydrogen) atoms. The number of nitriles is 1. The van der Waals surface area contributed by atoms with E-state index in [2.05, 4.69) is 15.8 Å². The smallest absolute Gasteiger partial charge is 0.350 e. The van der Waals surface area contributed by atoms with Gasteiger partial charge in [-0.2, -0.15) is 23.5 Å². The summed E-state index contributed by atoms with van der Waals surface area (Å²) in [7, 11) is 0. The number of rotatable bonds is 4. The number of carbonyl (C=O) groups is 1. The molecule has 0 aliphatic rings. The normalized spacial score (nSPS) is 11.7. The zero-order valence-corrected chi connectivity index (χ0v) is 10.5. The van der Waals surface area contributed by atoms with Gasteiger partial charge in [0.15, 0.2) is 0 Å². The number of nitrogens with one attached hydrogen (secondary N) is 2. The van der Waals surface area contributed by atoms with Gasteiger partial charge in [0.25, 0.3) is 5.91 Å². The quantitative estimate of drug-likeness (QED) is 0.657. The summed E-state index contributed by atoms with van der Waals surface area (Å²) in [6.45, 7) is 1.97. The van der Waals surface area contributed by atoms with Gasteiger partial charge in [0, 0.05) is 6.54 Å². The highest BCUT2D eigenvalue weighted by atomic mass is 19.4. The Hall–Kier alpha value is -2.56. The third-order valence-electron chi connectivity index (χ3n) is 2.15. The van der Waals surface area contributed by atoms with Gasteiger partial charge in [-0.05, 0) is 25.1 Å². The SMILES string of the molecule is CCNC(=O)/C(C#N)=N/Nc1cccc(C(F)(F)F)c1. The average Bonchev–Trinajstić information content (AvgIpc) is 2.39. The van der Waals surface area contributed by atoms with Gasteiger partial charge in [-0.25, -0.2) is 0 Å². The summed E-state index contributed by atoms with van der Waals surface area (Å²) in [5, 5.41) is 14.6. The number of amides is 1. The number of benzene rings is 1. The van der Waals surface area contributed by atoms with Crippen LogP contribution in [-0.2, 0) is 11.0 Å². The van der Waals surface area contributed by atoms with Crippen LogP contribution in [0.15, 0.2) is 29.4 Å².